The van der Waals surface area contributed by atoms with Crippen molar-refractivity contribution < 1.29 is 14.6 Å². The first-order valence-corrected chi connectivity index (χ1v) is 6.43. The zero-order valence-electron chi connectivity index (χ0n) is 10.9. The fraction of sp³-hybridized carbons (Fsp3) is 0.154. The molecule has 0 unspecified atom stereocenters. The zero-order chi connectivity index (χ0) is 15.0. The first-order chi connectivity index (χ1) is 10.1. The van der Waals surface area contributed by atoms with Gasteiger partial charge in [-0.1, -0.05) is 17.7 Å². The lowest BCUT2D eigenvalue weighted by molar-refractivity contribution is -0.132. The topological polar surface area (TPSA) is 89.3 Å². The molecule has 0 spiro atoms. The summed E-state index contributed by atoms with van der Waals surface area (Å²) < 4.78 is 6.70. The molecule has 21 heavy (non-hydrogen) atoms. The van der Waals surface area contributed by atoms with Gasteiger partial charge in [-0.15, -0.1) is 0 Å². The van der Waals surface area contributed by atoms with Gasteiger partial charge in [-0.05, 0) is 23.8 Å². The maximum Gasteiger partial charge on any atom is 0.352 e. The van der Waals surface area contributed by atoms with Crippen molar-refractivity contribution in [1.82, 2.24) is 14.8 Å². The third kappa shape index (κ3) is 2.31. The molecule has 0 radical (unpaired) electrons. The molecule has 0 fully saturated rings. The highest BCUT2D eigenvalue weighted by Crippen LogP contribution is 2.32. The zero-order valence-corrected chi connectivity index (χ0v) is 11.7. The number of ether oxygens (including phenoxy) is 1. The SMILES string of the molecule is COc1ccc([C@H]2C=C(C(=O)O)Nc3ncnn32)cc1Cl. The minimum Gasteiger partial charge on any atom is -0.495 e. The number of nitrogens with zero attached hydrogens (tertiary/aromatic N) is 3. The number of carboxylic acids is 1. The molecule has 2 N–H and O–H groups in total. The monoisotopic (exact) mass is 306 g/mol. The van der Waals surface area contributed by atoms with Crippen LogP contribution >= 0.6 is 11.6 Å². The van der Waals surface area contributed by atoms with Crippen LogP contribution in [0.5, 0.6) is 5.75 Å². The van der Waals surface area contributed by atoms with Gasteiger partial charge in [-0.3, -0.25) is 0 Å². The van der Waals surface area contributed by atoms with Gasteiger partial charge in [0, 0.05) is 0 Å². The van der Waals surface area contributed by atoms with Gasteiger partial charge < -0.3 is 15.2 Å². The second-order valence-corrected chi connectivity index (χ2v) is 4.78. The fourth-order valence-corrected chi connectivity index (χ4v) is 2.43. The van der Waals surface area contributed by atoms with Crippen LogP contribution < -0.4 is 10.1 Å². The number of carboxylic acid groups (broad SMARTS) is 1. The van der Waals surface area contributed by atoms with E-state index in [9.17, 15) is 4.79 Å². The Morgan fingerprint density at radius 1 is 1.52 bits per heavy atom. The number of hydrogen-bond acceptors (Lipinski definition) is 5. The van der Waals surface area contributed by atoms with E-state index in [4.69, 9.17) is 21.4 Å². The van der Waals surface area contributed by atoms with Crippen LogP contribution in [-0.2, 0) is 4.79 Å². The van der Waals surface area contributed by atoms with Gasteiger partial charge >= 0.3 is 5.97 Å². The predicted octanol–water partition coefficient (Wildman–Crippen LogP) is 1.92. The summed E-state index contributed by atoms with van der Waals surface area (Å²) in [6.07, 6.45) is 2.92. The van der Waals surface area contributed by atoms with Crippen molar-refractivity contribution in [2.75, 3.05) is 12.4 Å². The van der Waals surface area contributed by atoms with E-state index in [2.05, 4.69) is 15.4 Å². The van der Waals surface area contributed by atoms with E-state index in [-0.39, 0.29) is 5.70 Å². The van der Waals surface area contributed by atoms with Crippen molar-refractivity contribution in [2.45, 2.75) is 6.04 Å². The lowest BCUT2D eigenvalue weighted by atomic mass is 10.0. The molecule has 1 aliphatic rings. The fourth-order valence-electron chi connectivity index (χ4n) is 2.16. The molecule has 0 saturated heterocycles. The van der Waals surface area contributed by atoms with Gasteiger partial charge in [-0.25, -0.2) is 9.48 Å². The van der Waals surface area contributed by atoms with E-state index in [0.29, 0.717) is 16.7 Å². The summed E-state index contributed by atoms with van der Waals surface area (Å²) >= 11 is 6.13. The van der Waals surface area contributed by atoms with Crippen molar-refractivity contribution in [3.8, 4) is 5.75 Å². The summed E-state index contributed by atoms with van der Waals surface area (Å²) in [5.74, 6) is -0.142. The van der Waals surface area contributed by atoms with Gasteiger partial charge in [0.1, 0.15) is 23.8 Å². The van der Waals surface area contributed by atoms with Crippen LogP contribution in [0.1, 0.15) is 11.6 Å². The first kappa shape index (κ1) is 13.4. The Morgan fingerprint density at radius 2 is 2.33 bits per heavy atom. The Hall–Kier alpha value is -2.54. The summed E-state index contributed by atoms with van der Waals surface area (Å²) in [6.45, 7) is 0. The molecule has 1 aromatic heterocycles. The predicted molar refractivity (Wildman–Crippen MR) is 75.5 cm³/mol. The second-order valence-electron chi connectivity index (χ2n) is 4.38. The Balaban J connectivity index is 2.08. The van der Waals surface area contributed by atoms with Gasteiger partial charge in [0.2, 0.25) is 5.95 Å². The highest BCUT2D eigenvalue weighted by atomic mass is 35.5. The number of allylic oxidation sites excluding steroid dienone is 1. The average molecular weight is 307 g/mol. The van der Waals surface area contributed by atoms with Crippen LogP contribution in [0.4, 0.5) is 5.95 Å². The van der Waals surface area contributed by atoms with E-state index in [1.54, 1.807) is 22.9 Å². The van der Waals surface area contributed by atoms with E-state index >= 15 is 0 Å². The smallest absolute Gasteiger partial charge is 0.352 e. The largest absolute Gasteiger partial charge is 0.495 e. The molecule has 1 aromatic carbocycles. The molecule has 0 amide bonds. The molecule has 1 aliphatic heterocycles. The standard InChI is InChI=1S/C13H11ClN4O3/c1-21-11-3-2-7(4-8(11)14)10-5-9(12(19)20)17-13-15-6-16-18(10)13/h2-6,10H,1H3,(H,19,20)(H,15,16,17)/t10-/m1/s1. The van der Waals surface area contributed by atoms with Gasteiger partial charge in [0.15, 0.2) is 0 Å². The minimum absolute atomic E-state index is 0.0486. The maximum atomic E-state index is 11.2. The number of anilines is 1. The van der Waals surface area contributed by atoms with Crippen LogP contribution in [0.15, 0.2) is 36.3 Å². The Bertz CT molecular complexity index is 741. The number of fused-ring (bicyclic) bond motifs is 1. The molecule has 0 saturated carbocycles. The van der Waals surface area contributed by atoms with E-state index in [1.807, 2.05) is 6.07 Å². The van der Waals surface area contributed by atoms with E-state index in [0.717, 1.165) is 5.56 Å². The van der Waals surface area contributed by atoms with Crippen LogP contribution in [0.2, 0.25) is 5.02 Å². The number of benzene rings is 1. The number of aliphatic carboxylic acids is 1. The summed E-state index contributed by atoms with van der Waals surface area (Å²) in [5, 5.41) is 16.4. The van der Waals surface area contributed by atoms with Crippen molar-refractivity contribution in [3.63, 3.8) is 0 Å². The first-order valence-electron chi connectivity index (χ1n) is 6.05. The maximum absolute atomic E-state index is 11.2. The quantitative estimate of drug-likeness (QED) is 0.900. The molecule has 2 heterocycles. The van der Waals surface area contributed by atoms with E-state index < -0.39 is 12.0 Å². The van der Waals surface area contributed by atoms with Crippen molar-refractivity contribution in [2.24, 2.45) is 0 Å². The summed E-state index contributed by atoms with van der Waals surface area (Å²) in [4.78, 5) is 15.2. The minimum atomic E-state index is -1.06. The van der Waals surface area contributed by atoms with Gasteiger partial charge in [0.05, 0.1) is 12.1 Å². The summed E-state index contributed by atoms with van der Waals surface area (Å²) in [6, 6.07) is 4.85. The van der Waals surface area contributed by atoms with Crippen LogP contribution in [-0.4, -0.2) is 33.0 Å². The lowest BCUT2D eigenvalue weighted by Gasteiger charge is -2.22. The number of halogens is 1. The molecule has 108 valence electrons. The van der Waals surface area contributed by atoms with Crippen molar-refractivity contribution >= 4 is 23.5 Å². The van der Waals surface area contributed by atoms with Gasteiger partial charge in [-0.2, -0.15) is 10.1 Å². The number of methoxy groups -OCH3 is 1. The molecule has 8 heteroatoms. The molecule has 7 nitrogen and oxygen atoms in total. The number of nitrogens with one attached hydrogen (secondary N) is 1. The Morgan fingerprint density at radius 3 is 3.00 bits per heavy atom. The molecule has 0 aliphatic carbocycles. The molecular formula is C13H11ClN4O3. The molecule has 1 atom stereocenters. The molecule has 2 aromatic rings. The van der Waals surface area contributed by atoms with Crippen LogP contribution in [0.25, 0.3) is 0 Å². The van der Waals surface area contributed by atoms with Crippen LogP contribution in [0.3, 0.4) is 0 Å². The summed E-state index contributed by atoms with van der Waals surface area (Å²) in [5.41, 5.74) is 0.834. The van der Waals surface area contributed by atoms with Gasteiger partial charge in [0.25, 0.3) is 0 Å². The highest BCUT2D eigenvalue weighted by molar-refractivity contribution is 6.32. The highest BCUT2D eigenvalue weighted by Gasteiger charge is 2.25. The number of rotatable bonds is 3. The Labute approximate surface area is 124 Å². The van der Waals surface area contributed by atoms with Crippen molar-refractivity contribution in [1.29, 1.82) is 0 Å². The molecular weight excluding hydrogens is 296 g/mol. The van der Waals surface area contributed by atoms with E-state index in [1.165, 1.54) is 13.4 Å². The number of hydrogen-bond donors (Lipinski definition) is 2. The van der Waals surface area contributed by atoms with Crippen LogP contribution in [0, 0.1) is 0 Å². The lowest BCUT2D eigenvalue weighted by Crippen LogP contribution is -2.24. The third-order valence-electron chi connectivity index (χ3n) is 3.16. The van der Waals surface area contributed by atoms with Crippen molar-refractivity contribution in [3.05, 3.63) is 46.9 Å². The summed E-state index contributed by atoms with van der Waals surface area (Å²) in [7, 11) is 1.53. The average Bonchev–Trinajstić information content (AvgIpc) is 2.94. The third-order valence-corrected chi connectivity index (χ3v) is 3.45. The molecule has 0 bridgehead atoms. The number of aromatic nitrogens is 3. The number of carbonyl (C=O) groups is 1. The second kappa shape index (κ2) is 5.10. The Kier molecular flexibility index (Phi) is 3.26. The molecule has 3 rings (SSSR count). The normalized spacial score (nSPS) is 16.7.